The first-order valence-electron chi connectivity index (χ1n) is 8.97. The van der Waals surface area contributed by atoms with E-state index in [2.05, 4.69) is 0 Å². The Morgan fingerprint density at radius 2 is 1.66 bits per heavy atom. The van der Waals surface area contributed by atoms with Gasteiger partial charge in [0.05, 0.1) is 0 Å². The van der Waals surface area contributed by atoms with Crippen molar-refractivity contribution in [3.05, 3.63) is 47.5 Å². The summed E-state index contributed by atoms with van der Waals surface area (Å²) in [5.74, 6) is -2.36. The van der Waals surface area contributed by atoms with Gasteiger partial charge < -0.3 is 10.5 Å². The third-order valence-corrected chi connectivity index (χ3v) is 4.54. The molecule has 150 valence electrons. The Hall–Kier alpha value is -3.75. The number of carbonyl (C=O) groups is 5. The van der Waals surface area contributed by atoms with Crippen LogP contribution in [0.4, 0.5) is 4.79 Å². The topological polar surface area (TPSA) is 136 Å². The summed E-state index contributed by atoms with van der Waals surface area (Å²) in [6.45, 7) is 1.32. The monoisotopic (exact) mass is 397 g/mol. The highest BCUT2D eigenvalue weighted by Crippen LogP contribution is 2.30. The molecule has 29 heavy (non-hydrogen) atoms. The third kappa shape index (κ3) is 4.08. The fourth-order valence-corrected chi connectivity index (χ4v) is 3.20. The van der Waals surface area contributed by atoms with Gasteiger partial charge in [0.1, 0.15) is 0 Å². The van der Waals surface area contributed by atoms with Crippen LogP contribution in [-0.2, 0) is 14.3 Å². The second kappa shape index (κ2) is 8.09. The maximum absolute atomic E-state index is 12.8. The lowest BCUT2D eigenvalue weighted by molar-refractivity contribution is -0.154. The van der Waals surface area contributed by atoms with Gasteiger partial charge in [0.15, 0.2) is 6.10 Å². The zero-order valence-corrected chi connectivity index (χ0v) is 15.6. The van der Waals surface area contributed by atoms with Gasteiger partial charge in [-0.05, 0) is 30.9 Å². The molecule has 1 heterocycles. The third-order valence-electron chi connectivity index (χ3n) is 4.54. The van der Waals surface area contributed by atoms with Crippen molar-refractivity contribution >= 4 is 40.5 Å². The number of hydrogen-bond acceptors (Lipinski definition) is 6. The number of nitrogens with one attached hydrogen (secondary N) is 1. The minimum atomic E-state index is -1.20. The summed E-state index contributed by atoms with van der Waals surface area (Å²) >= 11 is 0. The van der Waals surface area contributed by atoms with Crippen LogP contribution in [-0.4, -0.2) is 47.3 Å². The molecule has 1 aliphatic rings. The van der Waals surface area contributed by atoms with Crippen LogP contribution >= 0.6 is 0 Å². The molecule has 3 rings (SSSR count). The van der Waals surface area contributed by atoms with Crippen LogP contribution < -0.4 is 11.1 Å². The smallest absolute Gasteiger partial charge is 0.318 e. The van der Waals surface area contributed by atoms with E-state index in [0.29, 0.717) is 16.5 Å². The van der Waals surface area contributed by atoms with Crippen molar-refractivity contribution in [1.29, 1.82) is 0 Å². The van der Waals surface area contributed by atoms with Crippen LogP contribution in [0, 0.1) is 0 Å². The van der Waals surface area contributed by atoms with Gasteiger partial charge in [-0.15, -0.1) is 0 Å². The summed E-state index contributed by atoms with van der Waals surface area (Å²) in [4.78, 5) is 60.7. The van der Waals surface area contributed by atoms with Crippen molar-refractivity contribution in [2.24, 2.45) is 5.73 Å². The molecule has 0 aliphatic carbocycles. The van der Waals surface area contributed by atoms with Crippen LogP contribution in [0.15, 0.2) is 36.4 Å². The first kappa shape index (κ1) is 20.0. The zero-order valence-electron chi connectivity index (χ0n) is 15.6. The number of rotatable bonds is 6. The van der Waals surface area contributed by atoms with E-state index in [1.165, 1.54) is 6.92 Å². The molecule has 1 unspecified atom stereocenters. The summed E-state index contributed by atoms with van der Waals surface area (Å²) < 4.78 is 4.91. The van der Waals surface area contributed by atoms with Crippen molar-refractivity contribution in [1.82, 2.24) is 10.2 Å². The van der Waals surface area contributed by atoms with Crippen molar-refractivity contribution in [2.45, 2.75) is 25.9 Å². The minimum absolute atomic E-state index is 0.0271. The minimum Gasteiger partial charge on any atom is -0.453 e. The molecule has 2 aromatic carbocycles. The van der Waals surface area contributed by atoms with Crippen molar-refractivity contribution in [3.8, 4) is 0 Å². The molecule has 0 saturated heterocycles. The lowest BCUT2D eigenvalue weighted by Gasteiger charge is -2.27. The van der Waals surface area contributed by atoms with E-state index in [4.69, 9.17) is 10.5 Å². The fourth-order valence-electron chi connectivity index (χ4n) is 3.20. The Bertz CT molecular complexity index is 981. The van der Waals surface area contributed by atoms with Gasteiger partial charge in [-0.3, -0.25) is 29.4 Å². The number of esters is 1. The SMILES string of the molecule is CC(OC(=O)CCCN1C(=O)c2cccc3cccc(c23)C1=O)C(=O)NC(N)=O. The number of nitrogens with zero attached hydrogens (tertiary/aromatic N) is 1. The van der Waals surface area contributed by atoms with Gasteiger partial charge in [0.2, 0.25) is 0 Å². The van der Waals surface area contributed by atoms with E-state index in [-0.39, 0.29) is 19.4 Å². The Labute approximate surface area is 165 Å². The molecule has 5 amide bonds. The maximum Gasteiger partial charge on any atom is 0.318 e. The van der Waals surface area contributed by atoms with Crippen molar-refractivity contribution < 1.29 is 28.7 Å². The molecule has 0 saturated carbocycles. The number of primary amides is 1. The molecule has 0 spiro atoms. The number of nitrogens with two attached hydrogens (primary N) is 1. The number of ether oxygens (including phenoxy) is 1. The normalized spacial score (nSPS) is 13.9. The summed E-state index contributed by atoms with van der Waals surface area (Å²) in [6, 6.07) is 9.47. The van der Waals surface area contributed by atoms with E-state index >= 15 is 0 Å². The summed E-state index contributed by atoms with van der Waals surface area (Å²) in [6.07, 6.45) is -1.15. The number of urea groups is 1. The maximum atomic E-state index is 12.8. The van der Waals surface area contributed by atoms with Gasteiger partial charge >= 0.3 is 12.0 Å². The molecule has 9 heteroatoms. The number of imide groups is 2. The lowest BCUT2D eigenvalue weighted by Crippen LogP contribution is -2.42. The van der Waals surface area contributed by atoms with Gasteiger partial charge in [0.25, 0.3) is 17.7 Å². The molecule has 3 N–H and O–H groups in total. The number of carbonyl (C=O) groups excluding carboxylic acids is 5. The summed E-state index contributed by atoms with van der Waals surface area (Å²) in [5.41, 5.74) is 5.71. The van der Waals surface area contributed by atoms with E-state index in [0.717, 1.165) is 10.3 Å². The van der Waals surface area contributed by atoms with Crippen LogP contribution in [0.25, 0.3) is 10.8 Å². The average molecular weight is 397 g/mol. The van der Waals surface area contributed by atoms with E-state index < -0.39 is 35.8 Å². The van der Waals surface area contributed by atoms with E-state index in [1.54, 1.807) is 24.3 Å². The van der Waals surface area contributed by atoms with Crippen LogP contribution in [0.1, 0.15) is 40.5 Å². The predicted molar refractivity (Wildman–Crippen MR) is 102 cm³/mol. The first-order chi connectivity index (χ1) is 13.8. The van der Waals surface area contributed by atoms with Crippen LogP contribution in [0.5, 0.6) is 0 Å². The number of amides is 5. The summed E-state index contributed by atoms with van der Waals surface area (Å²) in [7, 11) is 0. The molecule has 0 radical (unpaired) electrons. The largest absolute Gasteiger partial charge is 0.453 e. The van der Waals surface area contributed by atoms with Gasteiger partial charge in [0, 0.05) is 29.5 Å². The van der Waals surface area contributed by atoms with Gasteiger partial charge in [-0.1, -0.05) is 24.3 Å². The second-order valence-electron chi connectivity index (χ2n) is 6.56. The Kier molecular flexibility index (Phi) is 5.58. The standard InChI is InChI=1S/C20H19N3O6/c1-11(17(25)22-20(21)28)29-15(24)9-4-10-23-18(26)13-7-2-5-12-6-3-8-14(16(12)13)19(23)27/h2-3,5-8,11H,4,9-10H2,1H3,(H3,21,22,25,28). The average Bonchev–Trinajstić information content (AvgIpc) is 2.68. The molecule has 1 aliphatic heterocycles. The number of hydrogen-bond donors (Lipinski definition) is 2. The molecule has 0 aromatic heterocycles. The summed E-state index contributed by atoms with van der Waals surface area (Å²) in [5, 5.41) is 3.26. The van der Waals surface area contributed by atoms with E-state index in [1.807, 2.05) is 17.4 Å². The Balaban J connectivity index is 1.61. The molecule has 0 bridgehead atoms. The lowest BCUT2D eigenvalue weighted by atomic mass is 9.94. The predicted octanol–water partition coefficient (Wildman–Crippen LogP) is 1.34. The highest BCUT2D eigenvalue weighted by molar-refractivity contribution is 6.25. The van der Waals surface area contributed by atoms with Gasteiger partial charge in [-0.25, -0.2) is 4.79 Å². The molecule has 1 atom stereocenters. The second-order valence-corrected chi connectivity index (χ2v) is 6.56. The number of benzene rings is 2. The zero-order chi connectivity index (χ0) is 21.1. The fraction of sp³-hybridized carbons (Fsp3) is 0.250. The quantitative estimate of drug-likeness (QED) is 0.558. The molecule has 9 nitrogen and oxygen atoms in total. The molecule has 0 fully saturated rings. The highest BCUT2D eigenvalue weighted by atomic mass is 16.5. The Morgan fingerprint density at radius 3 is 2.21 bits per heavy atom. The van der Waals surface area contributed by atoms with Crippen LogP contribution in [0.3, 0.4) is 0 Å². The van der Waals surface area contributed by atoms with E-state index in [9.17, 15) is 24.0 Å². The first-order valence-corrected chi connectivity index (χ1v) is 8.97. The Morgan fingerprint density at radius 1 is 1.07 bits per heavy atom. The van der Waals surface area contributed by atoms with Crippen molar-refractivity contribution in [2.75, 3.05) is 6.54 Å². The van der Waals surface area contributed by atoms with Crippen molar-refractivity contribution in [3.63, 3.8) is 0 Å². The van der Waals surface area contributed by atoms with Crippen LogP contribution in [0.2, 0.25) is 0 Å². The molecular weight excluding hydrogens is 378 g/mol. The highest BCUT2D eigenvalue weighted by Gasteiger charge is 2.32. The molecule has 2 aromatic rings. The molecular formula is C20H19N3O6. The van der Waals surface area contributed by atoms with Gasteiger partial charge in [-0.2, -0.15) is 0 Å².